The van der Waals surface area contributed by atoms with Crippen LogP contribution in [-0.4, -0.2) is 42.1 Å². The van der Waals surface area contributed by atoms with E-state index >= 15 is 0 Å². The van der Waals surface area contributed by atoms with Crippen molar-refractivity contribution in [1.82, 2.24) is 15.0 Å². The van der Waals surface area contributed by atoms with Crippen LogP contribution in [0, 0.1) is 5.92 Å². The summed E-state index contributed by atoms with van der Waals surface area (Å²) in [6.45, 7) is 6.48. The van der Waals surface area contributed by atoms with Gasteiger partial charge in [0.2, 0.25) is 5.71 Å². The minimum atomic E-state index is 0.583. The molecule has 3 heterocycles. The van der Waals surface area contributed by atoms with E-state index in [2.05, 4.69) is 43.2 Å². The summed E-state index contributed by atoms with van der Waals surface area (Å²) in [5.41, 5.74) is 6.41. The Labute approximate surface area is 160 Å². The number of hydrogen-bond donors (Lipinski definition) is 2. The summed E-state index contributed by atoms with van der Waals surface area (Å²) in [6.07, 6.45) is 7.12. The van der Waals surface area contributed by atoms with E-state index in [4.69, 9.17) is 9.40 Å². The molecule has 27 heavy (non-hydrogen) atoms. The van der Waals surface area contributed by atoms with Crippen molar-refractivity contribution in [2.45, 2.75) is 46.0 Å². The molecule has 1 aliphatic carbocycles. The lowest BCUT2D eigenvalue weighted by atomic mass is 9.99. The minimum absolute atomic E-state index is 0.583. The van der Waals surface area contributed by atoms with E-state index in [1.54, 1.807) is 6.33 Å². The van der Waals surface area contributed by atoms with Crippen LogP contribution in [0.25, 0.3) is 22.2 Å². The van der Waals surface area contributed by atoms with E-state index in [1.807, 2.05) is 0 Å². The standard InChI is InChI=1S/C21H29N5O/c1-13(2)11-16-14-7-5-8-15(14)17-18-19(27-21(17)25-16)20(24-12-23-18)22-9-6-10-26(3)4/h12-13H,5-11H2,1-4H3,(H,22,23,24)/p+1. The molecule has 4 rings (SSSR count). The molecule has 144 valence electrons. The Bertz CT molecular complexity index is 960. The van der Waals surface area contributed by atoms with Crippen LogP contribution in [0.1, 0.15) is 43.5 Å². The van der Waals surface area contributed by atoms with Gasteiger partial charge in [-0.15, -0.1) is 0 Å². The summed E-state index contributed by atoms with van der Waals surface area (Å²) >= 11 is 0. The van der Waals surface area contributed by atoms with Crippen molar-refractivity contribution in [2.75, 3.05) is 32.5 Å². The zero-order valence-corrected chi connectivity index (χ0v) is 16.9. The van der Waals surface area contributed by atoms with Crippen LogP contribution in [0.4, 0.5) is 5.82 Å². The summed E-state index contributed by atoms with van der Waals surface area (Å²) < 4.78 is 6.21. The Balaban J connectivity index is 1.76. The number of aromatic nitrogens is 3. The van der Waals surface area contributed by atoms with Gasteiger partial charge < -0.3 is 14.6 Å². The molecule has 0 spiro atoms. The van der Waals surface area contributed by atoms with Crippen molar-refractivity contribution in [1.29, 1.82) is 0 Å². The molecule has 0 aliphatic heterocycles. The number of anilines is 1. The Morgan fingerprint density at radius 1 is 1.19 bits per heavy atom. The Morgan fingerprint density at radius 2 is 2.00 bits per heavy atom. The summed E-state index contributed by atoms with van der Waals surface area (Å²) in [4.78, 5) is 15.4. The number of hydrogen-bond acceptors (Lipinski definition) is 5. The van der Waals surface area contributed by atoms with Gasteiger partial charge in [-0.25, -0.2) is 15.0 Å². The lowest BCUT2D eigenvalue weighted by molar-refractivity contribution is -0.858. The minimum Gasteiger partial charge on any atom is -0.432 e. The molecule has 6 nitrogen and oxygen atoms in total. The number of rotatable bonds is 7. The highest BCUT2D eigenvalue weighted by Crippen LogP contribution is 2.38. The fourth-order valence-electron chi connectivity index (χ4n) is 4.11. The smallest absolute Gasteiger partial charge is 0.229 e. The first-order valence-electron chi connectivity index (χ1n) is 10.1. The molecule has 0 saturated carbocycles. The highest BCUT2D eigenvalue weighted by molar-refractivity contribution is 6.06. The second-order valence-electron chi connectivity index (χ2n) is 8.39. The van der Waals surface area contributed by atoms with Gasteiger partial charge in [-0.1, -0.05) is 13.8 Å². The van der Waals surface area contributed by atoms with Gasteiger partial charge in [-0.3, -0.25) is 0 Å². The van der Waals surface area contributed by atoms with Gasteiger partial charge in [0.15, 0.2) is 11.4 Å². The molecule has 0 amide bonds. The molecule has 2 N–H and O–H groups in total. The summed E-state index contributed by atoms with van der Waals surface area (Å²) in [5, 5.41) is 4.54. The van der Waals surface area contributed by atoms with Crippen LogP contribution in [-0.2, 0) is 19.3 Å². The number of furan rings is 1. The van der Waals surface area contributed by atoms with Crippen molar-refractivity contribution in [3.05, 3.63) is 23.1 Å². The van der Waals surface area contributed by atoms with Crippen LogP contribution in [0.5, 0.6) is 0 Å². The fraction of sp³-hybridized carbons (Fsp3) is 0.571. The van der Waals surface area contributed by atoms with Crippen LogP contribution < -0.4 is 10.2 Å². The van der Waals surface area contributed by atoms with Gasteiger partial charge >= 0.3 is 0 Å². The highest BCUT2D eigenvalue weighted by Gasteiger charge is 2.25. The maximum absolute atomic E-state index is 6.21. The van der Waals surface area contributed by atoms with Crippen molar-refractivity contribution in [3.63, 3.8) is 0 Å². The van der Waals surface area contributed by atoms with Crippen LogP contribution >= 0.6 is 0 Å². The fourth-order valence-corrected chi connectivity index (χ4v) is 4.11. The SMILES string of the molecule is CC(C)Cc1nc2oc3c(NCCC[NH+](C)C)ncnc3c2c2c1CCC2. The lowest BCUT2D eigenvalue weighted by Gasteiger charge is -2.10. The van der Waals surface area contributed by atoms with Gasteiger partial charge in [0, 0.05) is 18.7 Å². The molecule has 0 aromatic carbocycles. The number of fused-ring (bicyclic) bond motifs is 5. The van der Waals surface area contributed by atoms with E-state index in [0.29, 0.717) is 5.92 Å². The van der Waals surface area contributed by atoms with Gasteiger partial charge in [-0.05, 0) is 42.7 Å². The van der Waals surface area contributed by atoms with Gasteiger partial charge in [0.05, 0.1) is 26.0 Å². The molecular formula is C21H30N5O+. The number of pyridine rings is 1. The van der Waals surface area contributed by atoms with E-state index in [1.165, 1.54) is 28.1 Å². The summed E-state index contributed by atoms with van der Waals surface area (Å²) in [7, 11) is 4.34. The van der Waals surface area contributed by atoms with E-state index < -0.39 is 0 Å². The van der Waals surface area contributed by atoms with Crippen molar-refractivity contribution in [2.24, 2.45) is 5.92 Å². The predicted molar refractivity (Wildman–Crippen MR) is 108 cm³/mol. The van der Waals surface area contributed by atoms with Gasteiger partial charge in [-0.2, -0.15) is 0 Å². The normalized spacial score (nSPS) is 14.0. The molecule has 0 unspecified atom stereocenters. The Hall–Kier alpha value is -2.21. The van der Waals surface area contributed by atoms with Gasteiger partial charge in [0.1, 0.15) is 11.8 Å². The largest absolute Gasteiger partial charge is 0.432 e. The number of nitrogens with zero attached hydrogens (tertiary/aromatic N) is 3. The van der Waals surface area contributed by atoms with E-state index in [0.717, 1.165) is 66.8 Å². The van der Waals surface area contributed by atoms with Crippen LogP contribution in [0.2, 0.25) is 0 Å². The zero-order chi connectivity index (χ0) is 19.0. The second-order valence-corrected chi connectivity index (χ2v) is 8.39. The first-order chi connectivity index (χ1) is 13.0. The maximum Gasteiger partial charge on any atom is 0.229 e. The number of nitrogens with one attached hydrogen (secondary N) is 2. The third-order valence-corrected chi connectivity index (χ3v) is 5.31. The van der Waals surface area contributed by atoms with Crippen LogP contribution in [0.15, 0.2) is 10.7 Å². The van der Waals surface area contributed by atoms with E-state index in [-0.39, 0.29) is 0 Å². The molecule has 6 heteroatoms. The molecular weight excluding hydrogens is 338 g/mol. The highest BCUT2D eigenvalue weighted by atomic mass is 16.3. The number of quaternary nitrogens is 1. The molecule has 3 aromatic rings. The van der Waals surface area contributed by atoms with E-state index in [9.17, 15) is 0 Å². The van der Waals surface area contributed by atoms with Crippen molar-refractivity contribution < 1.29 is 9.32 Å². The third kappa shape index (κ3) is 3.50. The predicted octanol–water partition coefficient (Wildman–Crippen LogP) is 2.40. The summed E-state index contributed by atoms with van der Waals surface area (Å²) in [6, 6.07) is 0. The lowest BCUT2D eigenvalue weighted by Crippen LogP contribution is -3.05. The maximum atomic E-state index is 6.21. The first-order valence-corrected chi connectivity index (χ1v) is 10.1. The number of aryl methyl sites for hydroxylation is 1. The van der Waals surface area contributed by atoms with Crippen LogP contribution in [0.3, 0.4) is 0 Å². The second kappa shape index (κ2) is 7.43. The molecule has 1 aliphatic rings. The molecule has 0 fully saturated rings. The average molecular weight is 369 g/mol. The topological polar surface area (TPSA) is 68.3 Å². The van der Waals surface area contributed by atoms with Crippen molar-refractivity contribution >= 4 is 28.0 Å². The average Bonchev–Trinajstić information content (AvgIpc) is 3.22. The molecule has 0 saturated heterocycles. The monoisotopic (exact) mass is 368 g/mol. The summed E-state index contributed by atoms with van der Waals surface area (Å²) in [5.74, 6) is 1.36. The molecule has 0 atom stereocenters. The Morgan fingerprint density at radius 3 is 2.78 bits per heavy atom. The third-order valence-electron chi connectivity index (χ3n) is 5.31. The quantitative estimate of drug-likeness (QED) is 0.627. The first kappa shape index (κ1) is 18.2. The molecule has 3 aromatic heterocycles. The molecule has 0 radical (unpaired) electrons. The molecule has 0 bridgehead atoms. The Kier molecular flexibility index (Phi) is 5.00. The van der Waals surface area contributed by atoms with Gasteiger partial charge in [0.25, 0.3) is 0 Å². The van der Waals surface area contributed by atoms with Crippen molar-refractivity contribution in [3.8, 4) is 0 Å². The zero-order valence-electron chi connectivity index (χ0n) is 16.9.